The van der Waals surface area contributed by atoms with Gasteiger partial charge in [0.25, 0.3) is 0 Å². The maximum atomic E-state index is 5.83. The highest BCUT2D eigenvalue weighted by Gasteiger charge is 2.06. The largest absolute Gasteiger partial charge is 0.330 e. The smallest absolute Gasteiger partial charge is 0.213 e. The topological polar surface area (TPSA) is 12.0 Å². The number of rotatable bonds is 2. The van der Waals surface area contributed by atoms with E-state index < -0.39 is 8.27 Å². The summed E-state index contributed by atoms with van der Waals surface area (Å²) < 4.78 is 0. The minimum atomic E-state index is -1.03. The van der Waals surface area contributed by atoms with Gasteiger partial charge < -0.3 is 4.98 Å². The Balaban J connectivity index is 3.14. The SMILES string of the molecule is CN[SiH](Cl)C(C)C. The third-order valence-corrected chi connectivity index (χ3v) is 4.75. The first-order chi connectivity index (χ1) is 3.18. The van der Waals surface area contributed by atoms with Gasteiger partial charge in [0.05, 0.1) is 0 Å². The first-order valence-electron chi connectivity index (χ1n) is 2.49. The first-order valence-corrected chi connectivity index (χ1v) is 5.48. The van der Waals surface area contributed by atoms with Crippen LogP contribution in [0.5, 0.6) is 0 Å². The average Bonchev–Trinajstić information content (AvgIpc) is 1.65. The van der Waals surface area contributed by atoms with Crippen LogP contribution >= 0.6 is 11.1 Å². The van der Waals surface area contributed by atoms with E-state index in [1.54, 1.807) is 0 Å². The monoisotopic (exact) mass is 137 g/mol. The summed E-state index contributed by atoms with van der Waals surface area (Å²) in [6.45, 7) is 4.28. The fourth-order valence-electron chi connectivity index (χ4n) is 0.333. The summed E-state index contributed by atoms with van der Waals surface area (Å²) in [5.74, 6) is 0. The van der Waals surface area contributed by atoms with Gasteiger partial charge in [-0.15, -0.1) is 0 Å². The van der Waals surface area contributed by atoms with Crippen molar-refractivity contribution in [3.8, 4) is 0 Å². The molecule has 1 atom stereocenters. The van der Waals surface area contributed by atoms with Crippen LogP contribution in [0.4, 0.5) is 0 Å². The Morgan fingerprint density at radius 3 is 2.00 bits per heavy atom. The Hall–Kier alpha value is 0.467. The van der Waals surface area contributed by atoms with Gasteiger partial charge in [-0.05, 0) is 12.6 Å². The molecule has 3 heteroatoms. The van der Waals surface area contributed by atoms with Crippen molar-refractivity contribution in [2.75, 3.05) is 7.05 Å². The number of halogens is 1. The third-order valence-electron chi connectivity index (χ3n) is 0.861. The maximum absolute atomic E-state index is 5.83. The second-order valence-corrected chi connectivity index (χ2v) is 6.06. The predicted molar refractivity (Wildman–Crippen MR) is 37.2 cm³/mol. The van der Waals surface area contributed by atoms with Gasteiger partial charge >= 0.3 is 0 Å². The predicted octanol–water partition coefficient (Wildman–Crippen LogP) is 1.08. The standard InChI is InChI=1S/C4H12ClNSi/c1-4(2)7(5)6-3/h4,6-7H,1-3H3. The van der Waals surface area contributed by atoms with Gasteiger partial charge in [-0.2, -0.15) is 11.1 Å². The molecule has 0 aliphatic rings. The van der Waals surface area contributed by atoms with E-state index in [4.69, 9.17) is 11.1 Å². The molecule has 0 spiro atoms. The number of nitrogens with one attached hydrogen (secondary N) is 1. The van der Waals surface area contributed by atoms with Gasteiger partial charge in [0.1, 0.15) is 0 Å². The molecular formula is C4H12ClNSi. The Morgan fingerprint density at radius 1 is 1.57 bits per heavy atom. The lowest BCUT2D eigenvalue weighted by Gasteiger charge is -2.07. The summed E-state index contributed by atoms with van der Waals surface area (Å²) in [6.07, 6.45) is 0. The van der Waals surface area contributed by atoms with E-state index in [0.29, 0.717) is 5.54 Å². The van der Waals surface area contributed by atoms with Crippen molar-refractivity contribution >= 4 is 19.3 Å². The van der Waals surface area contributed by atoms with Gasteiger partial charge in [0, 0.05) is 0 Å². The zero-order valence-electron chi connectivity index (χ0n) is 5.03. The van der Waals surface area contributed by atoms with Crippen molar-refractivity contribution < 1.29 is 0 Å². The fraction of sp³-hybridized carbons (Fsp3) is 1.00. The zero-order chi connectivity index (χ0) is 5.86. The fourth-order valence-corrected chi connectivity index (χ4v) is 1.00. The summed E-state index contributed by atoms with van der Waals surface area (Å²) in [4.78, 5) is 3.07. The van der Waals surface area contributed by atoms with Crippen LogP contribution in [0.3, 0.4) is 0 Å². The molecule has 0 saturated carbocycles. The van der Waals surface area contributed by atoms with Crippen molar-refractivity contribution in [1.82, 2.24) is 4.98 Å². The molecule has 0 rings (SSSR count). The molecule has 1 N–H and O–H groups in total. The molecule has 1 nitrogen and oxygen atoms in total. The van der Waals surface area contributed by atoms with Crippen molar-refractivity contribution in [3.05, 3.63) is 0 Å². The molecule has 0 bridgehead atoms. The van der Waals surface area contributed by atoms with Crippen LogP contribution in [0.1, 0.15) is 13.8 Å². The minimum Gasteiger partial charge on any atom is -0.330 e. The highest BCUT2D eigenvalue weighted by molar-refractivity contribution is 7.06. The molecule has 1 unspecified atom stereocenters. The van der Waals surface area contributed by atoms with E-state index in [1.165, 1.54) is 0 Å². The summed E-state index contributed by atoms with van der Waals surface area (Å²) in [7, 11) is 0.888. The van der Waals surface area contributed by atoms with Crippen LogP contribution < -0.4 is 4.98 Å². The molecule has 0 aromatic carbocycles. The molecule has 0 aromatic heterocycles. The van der Waals surface area contributed by atoms with Crippen LogP contribution in [-0.2, 0) is 0 Å². The van der Waals surface area contributed by atoms with Gasteiger partial charge in [0.15, 0.2) is 0 Å². The Kier molecular flexibility index (Phi) is 3.70. The molecule has 0 aliphatic carbocycles. The first kappa shape index (κ1) is 7.47. The highest BCUT2D eigenvalue weighted by atomic mass is 35.6. The minimum absolute atomic E-state index is 0.659. The quantitative estimate of drug-likeness (QED) is 0.444. The normalized spacial score (nSPS) is 15.0. The van der Waals surface area contributed by atoms with Crippen LogP contribution in [0, 0.1) is 0 Å². The van der Waals surface area contributed by atoms with Gasteiger partial charge in [-0.3, -0.25) is 0 Å². The second kappa shape index (κ2) is 3.47. The summed E-state index contributed by atoms with van der Waals surface area (Å²) in [5.41, 5.74) is 0.659. The molecule has 0 radical (unpaired) electrons. The number of hydrogen-bond donors (Lipinski definition) is 1. The van der Waals surface area contributed by atoms with Crippen LogP contribution in [0.25, 0.3) is 0 Å². The van der Waals surface area contributed by atoms with Gasteiger partial charge in [-0.1, -0.05) is 13.8 Å². The lowest BCUT2D eigenvalue weighted by atomic mass is 10.6. The van der Waals surface area contributed by atoms with E-state index in [2.05, 4.69) is 18.8 Å². The molecular weight excluding hydrogens is 126 g/mol. The van der Waals surface area contributed by atoms with Gasteiger partial charge in [0.2, 0.25) is 8.27 Å². The average molecular weight is 138 g/mol. The molecule has 44 valence electrons. The number of hydrogen-bond acceptors (Lipinski definition) is 1. The van der Waals surface area contributed by atoms with Crippen molar-refractivity contribution in [1.29, 1.82) is 0 Å². The van der Waals surface area contributed by atoms with E-state index in [1.807, 2.05) is 7.05 Å². The second-order valence-electron chi connectivity index (χ2n) is 1.93. The summed E-state index contributed by atoms with van der Waals surface area (Å²) in [5, 5.41) is 0. The zero-order valence-corrected chi connectivity index (χ0v) is 6.94. The van der Waals surface area contributed by atoms with Crippen molar-refractivity contribution in [3.63, 3.8) is 0 Å². The Morgan fingerprint density at radius 2 is 2.00 bits per heavy atom. The van der Waals surface area contributed by atoms with E-state index in [-0.39, 0.29) is 0 Å². The van der Waals surface area contributed by atoms with E-state index in [9.17, 15) is 0 Å². The van der Waals surface area contributed by atoms with Crippen molar-refractivity contribution in [2.24, 2.45) is 0 Å². The lowest BCUT2D eigenvalue weighted by molar-refractivity contribution is 1.01. The van der Waals surface area contributed by atoms with Crippen LogP contribution in [0.2, 0.25) is 5.54 Å². The van der Waals surface area contributed by atoms with E-state index >= 15 is 0 Å². The van der Waals surface area contributed by atoms with Crippen LogP contribution in [-0.4, -0.2) is 15.3 Å². The van der Waals surface area contributed by atoms with Crippen LogP contribution in [0.15, 0.2) is 0 Å². The third kappa shape index (κ3) is 3.09. The Labute approximate surface area is 51.5 Å². The molecule has 0 amide bonds. The summed E-state index contributed by atoms with van der Waals surface area (Å²) in [6, 6.07) is 0. The Bertz CT molecular complexity index is 49.0. The highest BCUT2D eigenvalue weighted by Crippen LogP contribution is 2.05. The molecule has 0 aliphatic heterocycles. The summed E-state index contributed by atoms with van der Waals surface area (Å²) >= 11 is 5.83. The maximum Gasteiger partial charge on any atom is 0.213 e. The lowest BCUT2D eigenvalue weighted by Crippen LogP contribution is -2.26. The molecule has 7 heavy (non-hydrogen) atoms. The molecule has 0 aromatic rings. The van der Waals surface area contributed by atoms with E-state index in [0.717, 1.165) is 0 Å². The van der Waals surface area contributed by atoms with Gasteiger partial charge in [-0.25, -0.2) is 0 Å². The van der Waals surface area contributed by atoms with Crippen molar-refractivity contribution in [2.45, 2.75) is 19.4 Å². The molecule has 0 saturated heterocycles. The molecule has 0 heterocycles. The molecule has 0 fully saturated rings.